The first-order chi connectivity index (χ1) is 8.43. The Morgan fingerprint density at radius 3 is 3.24 bits per heavy atom. The molecule has 3 heterocycles. The molecule has 0 spiro atoms. The average molecular weight is 223 g/mol. The lowest BCUT2D eigenvalue weighted by molar-refractivity contribution is 0.839. The van der Waals surface area contributed by atoms with Gasteiger partial charge in [0.05, 0.1) is 18.3 Å². The largest absolute Gasteiger partial charge is 0.346 e. The van der Waals surface area contributed by atoms with Crippen molar-refractivity contribution in [3.05, 3.63) is 43.0 Å². The molecule has 5 nitrogen and oxygen atoms in total. The van der Waals surface area contributed by atoms with Crippen molar-refractivity contribution in [3.8, 4) is 11.8 Å². The van der Waals surface area contributed by atoms with Crippen LogP contribution >= 0.6 is 0 Å². The molecule has 0 fully saturated rings. The van der Waals surface area contributed by atoms with Gasteiger partial charge in [0.1, 0.15) is 17.7 Å². The van der Waals surface area contributed by atoms with Crippen molar-refractivity contribution in [2.45, 2.75) is 6.54 Å². The van der Waals surface area contributed by atoms with Crippen LogP contribution in [-0.2, 0) is 6.54 Å². The number of hydrogen-bond donors (Lipinski definition) is 1. The number of imidazole rings is 1. The second-order valence-electron chi connectivity index (χ2n) is 3.50. The first-order valence-corrected chi connectivity index (χ1v) is 5.16. The van der Waals surface area contributed by atoms with E-state index in [9.17, 15) is 0 Å². The molecule has 0 amide bonds. The van der Waals surface area contributed by atoms with E-state index in [2.05, 4.69) is 31.8 Å². The lowest BCUT2D eigenvalue weighted by Gasteiger charge is -1.93. The van der Waals surface area contributed by atoms with E-state index >= 15 is 0 Å². The van der Waals surface area contributed by atoms with Gasteiger partial charge in [0.25, 0.3) is 0 Å². The maximum atomic E-state index is 4.17. The number of H-pyrrole nitrogens is 1. The van der Waals surface area contributed by atoms with Gasteiger partial charge in [-0.15, -0.1) is 0 Å². The molecule has 17 heavy (non-hydrogen) atoms. The Hall–Kier alpha value is -2.61. The monoisotopic (exact) mass is 223 g/mol. The SMILES string of the molecule is C(#Cc1ncnc2[nH]ccc12)Cn1ccnc1. The zero-order chi connectivity index (χ0) is 11.5. The van der Waals surface area contributed by atoms with E-state index < -0.39 is 0 Å². The summed E-state index contributed by atoms with van der Waals surface area (Å²) in [6.07, 6.45) is 8.69. The summed E-state index contributed by atoms with van der Waals surface area (Å²) in [7, 11) is 0. The van der Waals surface area contributed by atoms with Gasteiger partial charge in [-0.1, -0.05) is 5.92 Å². The van der Waals surface area contributed by atoms with Crippen molar-refractivity contribution in [2.24, 2.45) is 0 Å². The highest BCUT2D eigenvalue weighted by molar-refractivity contribution is 5.80. The van der Waals surface area contributed by atoms with E-state index in [1.807, 2.05) is 23.0 Å². The van der Waals surface area contributed by atoms with Crippen LogP contribution in [0, 0.1) is 11.8 Å². The number of hydrogen-bond acceptors (Lipinski definition) is 3. The van der Waals surface area contributed by atoms with Gasteiger partial charge in [0, 0.05) is 18.6 Å². The van der Waals surface area contributed by atoms with Crippen LogP contribution in [0.4, 0.5) is 0 Å². The first-order valence-electron chi connectivity index (χ1n) is 5.16. The fraction of sp³-hybridized carbons (Fsp3) is 0.0833. The lowest BCUT2D eigenvalue weighted by Crippen LogP contribution is -1.91. The minimum Gasteiger partial charge on any atom is -0.346 e. The molecule has 1 N–H and O–H groups in total. The molecule has 0 aliphatic carbocycles. The Kier molecular flexibility index (Phi) is 2.32. The molecule has 5 heteroatoms. The third-order valence-electron chi connectivity index (χ3n) is 2.38. The summed E-state index contributed by atoms with van der Waals surface area (Å²) in [5.74, 6) is 6.10. The Bertz CT molecular complexity index is 684. The standard InChI is InChI=1S/C12H9N5/c1(6-17-7-5-13-9-17)2-11-10-3-4-14-12(10)16-8-15-11/h3-5,7-9H,6H2,(H,14,15,16). The van der Waals surface area contributed by atoms with Gasteiger partial charge in [-0.3, -0.25) is 0 Å². The fourth-order valence-corrected chi connectivity index (χ4v) is 1.57. The van der Waals surface area contributed by atoms with E-state index in [0.29, 0.717) is 6.54 Å². The van der Waals surface area contributed by atoms with Crippen molar-refractivity contribution in [3.63, 3.8) is 0 Å². The van der Waals surface area contributed by atoms with Crippen LogP contribution < -0.4 is 0 Å². The highest BCUT2D eigenvalue weighted by atomic mass is 15.0. The van der Waals surface area contributed by atoms with Crippen LogP contribution in [0.3, 0.4) is 0 Å². The summed E-state index contributed by atoms with van der Waals surface area (Å²) < 4.78 is 1.91. The molecular formula is C12H9N5. The maximum absolute atomic E-state index is 4.17. The average Bonchev–Trinajstić information content (AvgIpc) is 2.99. The molecular weight excluding hydrogens is 214 g/mol. The molecule has 0 radical (unpaired) electrons. The van der Waals surface area contributed by atoms with Gasteiger partial charge in [-0.05, 0) is 12.0 Å². The molecule has 0 bridgehead atoms. The van der Waals surface area contributed by atoms with Gasteiger partial charge >= 0.3 is 0 Å². The smallest absolute Gasteiger partial charge is 0.141 e. The van der Waals surface area contributed by atoms with Crippen LogP contribution in [-0.4, -0.2) is 24.5 Å². The van der Waals surface area contributed by atoms with E-state index in [1.54, 1.807) is 12.5 Å². The van der Waals surface area contributed by atoms with Crippen molar-refractivity contribution in [2.75, 3.05) is 0 Å². The van der Waals surface area contributed by atoms with Crippen molar-refractivity contribution >= 4 is 11.0 Å². The maximum Gasteiger partial charge on any atom is 0.141 e. The van der Waals surface area contributed by atoms with Gasteiger partial charge in [0.2, 0.25) is 0 Å². The molecule has 3 aromatic heterocycles. The van der Waals surface area contributed by atoms with E-state index in [-0.39, 0.29) is 0 Å². The lowest BCUT2D eigenvalue weighted by atomic mass is 10.3. The van der Waals surface area contributed by atoms with E-state index in [1.165, 1.54) is 6.33 Å². The Morgan fingerprint density at radius 2 is 2.35 bits per heavy atom. The summed E-state index contributed by atoms with van der Waals surface area (Å²) in [4.78, 5) is 15.3. The number of nitrogens with one attached hydrogen (secondary N) is 1. The zero-order valence-electron chi connectivity index (χ0n) is 8.96. The molecule has 0 aliphatic heterocycles. The molecule has 0 aliphatic rings. The number of aromatic nitrogens is 5. The first kappa shape index (κ1) is 9.60. The molecule has 0 saturated heterocycles. The van der Waals surface area contributed by atoms with E-state index in [4.69, 9.17) is 0 Å². The second-order valence-corrected chi connectivity index (χ2v) is 3.50. The minimum atomic E-state index is 0.607. The minimum absolute atomic E-state index is 0.607. The van der Waals surface area contributed by atoms with Crippen molar-refractivity contribution in [1.82, 2.24) is 24.5 Å². The quantitative estimate of drug-likeness (QED) is 0.631. The van der Waals surface area contributed by atoms with E-state index in [0.717, 1.165) is 16.7 Å². The van der Waals surface area contributed by atoms with Crippen LogP contribution in [0.1, 0.15) is 5.69 Å². The number of rotatable bonds is 1. The topological polar surface area (TPSA) is 59.4 Å². The highest BCUT2D eigenvalue weighted by Gasteiger charge is 2.00. The molecule has 3 aromatic rings. The van der Waals surface area contributed by atoms with Gasteiger partial charge in [0.15, 0.2) is 0 Å². The summed E-state index contributed by atoms with van der Waals surface area (Å²) in [5, 5.41) is 0.950. The molecule has 3 rings (SSSR count). The fourth-order valence-electron chi connectivity index (χ4n) is 1.57. The summed E-state index contributed by atoms with van der Waals surface area (Å²) in [6, 6.07) is 1.93. The summed E-state index contributed by atoms with van der Waals surface area (Å²) in [5.41, 5.74) is 1.56. The highest BCUT2D eigenvalue weighted by Crippen LogP contribution is 2.10. The molecule has 0 unspecified atom stereocenters. The predicted octanol–water partition coefficient (Wildman–Crippen LogP) is 1.21. The molecule has 0 saturated carbocycles. The zero-order valence-corrected chi connectivity index (χ0v) is 8.96. The van der Waals surface area contributed by atoms with Crippen LogP contribution in [0.25, 0.3) is 11.0 Å². The third kappa shape index (κ3) is 1.88. The molecule has 82 valence electrons. The number of aromatic amines is 1. The third-order valence-corrected chi connectivity index (χ3v) is 2.38. The molecule has 0 aromatic carbocycles. The van der Waals surface area contributed by atoms with Gasteiger partial charge < -0.3 is 9.55 Å². The summed E-state index contributed by atoms with van der Waals surface area (Å²) >= 11 is 0. The van der Waals surface area contributed by atoms with Crippen LogP contribution in [0.15, 0.2) is 37.3 Å². The Balaban J connectivity index is 1.90. The van der Waals surface area contributed by atoms with Gasteiger partial charge in [-0.25, -0.2) is 15.0 Å². The van der Waals surface area contributed by atoms with Crippen LogP contribution in [0.5, 0.6) is 0 Å². The predicted molar refractivity (Wildman–Crippen MR) is 63.0 cm³/mol. The second kappa shape index (κ2) is 4.10. The van der Waals surface area contributed by atoms with Crippen molar-refractivity contribution < 1.29 is 0 Å². The molecule has 0 atom stereocenters. The normalized spacial score (nSPS) is 10.1. The van der Waals surface area contributed by atoms with Crippen molar-refractivity contribution in [1.29, 1.82) is 0 Å². The van der Waals surface area contributed by atoms with Gasteiger partial charge in [-0.2, -0.15) is 0 Å². The Morgan fingerprint density at radius 1 is 1.35 bits per heavy atom. The number of nitrogens with zero attached hydrogens (tertiary/aromatic N) is 4. The van der Waals surface area contributed by atoms with Crippen LogP contribution in [0.2, 0.25) is 0 Å². The Labute approximate surface area is 97.6 Å². The summed E-state index contributed by atoms with van der Waals surface area (Å²) in [6.45, 7) is 0.607. The number of fused-ring (bicyclic) bond motifs is 1.